The van der Waals surface area contributed by atoms with Gasteiger partial charge in [-0.25, -0.2) is 4.79 Å². The molecule has 1 aromatic heterocycles. The normalized spacial score (nSPS) is 10.4. The Kier molecular flexibility index (Phi) is 6.13. The maximum Gasteiger partial charge on any atom is 0.338 e. The molecule has 0 aliphatic rings. The van der Waals surface area contributed by atoms with Crippen molar-refractivity contribution >= 4 is 16.9 Å². The molecule has 5 heteroatoms. The predicted molar refractivity (Wildman–Crippen MR) is 110 cm³/mol. The number of pyridine rings is 1. The van der Waals surface area contributed by atoms with Crippen LogP contribution in [0.3, 0.4) is 0 Å². The van der Waals surface area contributed by atoms with Gasteiger partial charge >= 0.3 is 5.97 Å². The molecule has 0 radical (unpaired) electrons. The second-order valence-electron chi connectivity index (χ2n) is 6.21. The predicted octanol–water partition coefficient (Wildman–Crippen LogP) is 4.16. The van der Waals surface area contributed by atoms with Crippen molar-refractivity contribution in [2.75, 3.05) is 13.2 Å². The largest absolute Gasteiger partial charge is 0.494 e. The molecule has 0 bridgehead atoms. The van der Waals surface area contributed by atoms with Gasteiger partial charge in [0.25, 0.3) is 0 Å². The summed E-state index contributed by atoms with van der Waals surface area (Å²) in [5.41, 5.74) is 2.35. The number of terminal acetylenes is 1. The Balaban J connectivity index is 1.90. The quantitative estimate of drug-likeness (QED) is 0.382. The minimum Gasteiger partial charge on any atom is -0.494 e. The second-order valence-corrected chi connectivity index (χ2v) is 6.21. The fourth-order valence-corrected chi connectivity index (χ4v) is 2.86. The zero-order valence-corrected chi connectivity index (χ0v) is 15.7. The highest BCUT2D eigenvalue weighted by molar-refractivity contribution is 5.94. The summed E-state index contributed by atoms with van der Waals surface area (Å²) in [6, 6.07) is 14.0. The third-order valence-corrected chi connectivity index (χ3v) is 4.22. The molecule has 0 spiro atoms. The summed E-state index contributed by atoms with van der Waals surface area (Å²) in [4.78, 5) is 27.8. The third-order valence-electron chi connectivity index (χ3n) is 4.22. The first-order chi connectivity index (χ1) is 13.6. The van der Waals surface area contributed by atoms with Gasteiger partial charge < -0.3 is 14.5 Å². The Morgan fingerprint density at radius 1 is 1.18 bits per heavy atom. The number of aromatic nitrogens is 1. The molecule has 0 unspecified atom stereocenters. The van der Waals surface area contributed by atoms with Gasteiger partial charge in [0.15, 0.2) is 5.43 Å². The number of nitrogens with one attached hydrogen (secondary N) is 1. The van der Waals surface area contributed by atoms with Crippen LogP contribution in [0.1, 0.15) is 30.1 Å². The second kappa shape index (κ2) is 8.92. The van der Waals surface area contributed by atoms with Crippen molar-refractivity contribution in [3.63, 3.8) is 0 Å². The van der Waals surface area contributed by atoms with Crippen LogP contribution in [-0.4, -0.2) is 24.2 Å². The average molecular weight is 375 g/mol. The number of hydrogen-bond donors (Lipinski definition) is 1. The summed E-state index contributed by atoms with van der Waals surface area (Å²) in [5, 5.41) is 0.441. The van der Waals surface area contributed by atoms with E-state index in [0.717, 1.165) is 12.0 Å². The lowest BCUT2D eigenvalue weighted by Crippen LogP contribution is -2.08. The van der Waals surface area contributed by atoms with Crippen molar-refractivity contribution in [2.45, 2.75) is 19.8 Å². The molecule has 0 saturated heterocycles. The highest BCUT2D eigenvalue weighted by Gasteiger charge is 2.10. The molecular formula is C23H21NO4. The molecule has 0 fully saturated rings. The van der Waals surface area contributed by atoms with Crippen molar-refractivity contribution in [1.82, 2.24) is 4.98 Å². The zero-order chi connectivity index (χ0) is 19.9. The topological polar surface area (TPSA) is 68.4 Å². The number of fused-ring (bicyclic) bond motifs is 1. The van der Waals surface area contributed by atoms with E-state index in [1.54, 1.807) is 25.1 Å². The smallest absolute Gasteiger partial charge is 0.338 e. The molecule has 0 aliphatic carbocycles. The van der Waals surface area contributed by atoms with Crippen LogP contribution in [0, 0.1) is 12.3 Å². The van der Waals surface area contributed by atoms with Crippen LogP contribution in [0.15, 0.2) is 53.3 Å². The first-order valence-corrected chi connectivity index (χ1v) is 9.13. The van der Waals surface area contributed by atoms with Crippen molar-refractivity contribution in [3.8, 4) is 29.4 Å². The van der Waals surface area contributed by atoms with Crippen molar-refractivity contribution in [2.24, 2.45) is 0 Å². The lowest BCUT2D eigenvalue weighted by atomic mass is 10.1. The number of benzene rings is 2. The zero-order valence-electron chi connectivity index (χ0n) is 15.7. The van der Waals surface area contributed by atoms with E-state index in [1.807, 2.05) is 24.3 Å². The van der Waals surface area contributed by atoms with E-state index in [9.17, 15) is 9.59 Å². The fourth-order valence-electron chi connectivity index (χ4n) is 2.86. The molecule has 5 nitrogen and oxygen atoms in total. The SMILES string of the molecule is C#CCCCOc1cccc(-c2cc(=O)c3cc(C(=O)OCC)ccc3[nH]2)c1. The van der Waals surface area contributed by atoms with Gasteiger partial charge in [0.05, 0.1) is 18.8 Å². The molecule has 1 N–H and O–H groups in total. The minimum absolute atomic E-state index is 0.171. The number of rotatable bonds is 7. The standard InChI is InChI=1S/C23H21NO4/c1-3-5-6-12-28-18-9-7-8-16(13-18)21-15-22(25)19-14-17(23(26)27-4-2)10-11-20(19)24-21/h1,7-11,13-15H,4-6,12H2,2H3,(H,24,25). The Morgan fingerprint density at radius 3 is 2.82 bits per heavy atom. The van der Waals surface area contributed by atoms with E-state index in [1.165, 1.54) is 6.07 Å². The molecule has 0 aliphatic heterocycles. The van der Waals surface area contributed by atoms with Gasteiger partial charge in [0.2, 0.25) is 0 Å². The van der Waals surface area contributed by atoms with Gasteiger partial charge in [-0.05, 0) is 43.7 Å². The van der Waals surface area contributed by atoms with Crippen molar-refractivity contribution in [3.05, 3.63) is 64.3 Å². The summed E-state index contributed by atoms with van der Waals surface area (Å²) in [6.45, 7) is 2.57. The Morgan fingerprint density at radius 2 is 2.04 bits per heavy atom. The Labute approximate surface area is 163 Å². The van der Waals surface area contributed by atoms with Crippen molar-refractivity contribution in [1.29, 1.82) is 0 Å². The molecule has 0 atom stereocenters. The van der Waals surface area contributed by atoms with Gasteiger partial charge in [0.1, 0.15) is 5.75 Å². The van der Waals surface area contributed by atoms with E-state index < -0.39 is 5.97 Å². The van der Waals surface area contributed by atoms with Gasteiger partial charge in [-0.3, -0.25) is 4.79 Å². The maximum absolute atomic E-state index is 12.6. The van der Waals surface area contributed by atoms with Crippen LogP contribution >= 0.6 is 0 Å². The summed E-state index contributed by atoms with van der Waals surface area (Å²) < 4.78 is 10.7. The number of carbonyl (C=O) groups excluding carboxylic acids is 1. The molecule has 1 heterocycles. The summed E-state index contributed by atoms with van der Waals surface area (Å²) in [5.74, 6) is 2.86. The molecule has 0 amide bonds. The van der Waals surface area contributed by atoms with Crippen LogP contribution < -0.4 is 10.2 Å². The van der Waals surface area contributed by atoms with Crippen molar-refractivity contribution < 1.29 is 14.3 Å². The lowest BCUT2D eigenvalue weighted by molar-refractivity contribution is 0.0526. The van der Waals surface area contributed by atoms with Crippen LogP contribution in [0.25, 0.3) is 22.2 Å². The van der Waals surface area contributed by atoms with E-state index in [-0.39, 0.29) is 12.0 Å². The number of H-pyrrole nitrogens is 1. The number of ether oxygens (including phenoxy) is 2. The number of esters is 1. The Bertz CT molecular complexity index is 1090. The van der Waals surface area contributed by atoms with E-state index >= 15 is 0 Å². The molecular weight excluding hydrogens is 354 g/mol. The van der Waals surface area contributed by atoms with Crippen LogP contribution in [0.2, 0.25) is 0 Å². The maximum atomic E-state index is 12.6. The monoisotopic (exact) mass is 375 g/mol. The van der Waals surface area contributed by atoms with Gasteiger partial charge in [-0.1, -0.05) is 12.1 Å². The summed E-state index contributed by atoms with van der Waals surface area (Å²) in [7, 11) is 0. The first-order valence-electron chi connectivity index (χ1n) is 9.13. The number of carbonyl (C=O) groups is 1. The van der Waals surface area contributed by atoms with Gasteiger partial charge in [-0.2, -0.15) is 0 Å². The van der Waals surface area contributed by atoms with Crippen LogP contribution in [0.5, 0.6) is 5.75 Å². The molecule has 0 saturated carbocycles. The summed E-state index contributed by atoms with van der Waals surface area (Å²) in [6.07, 6.45) is 6.70. The Hall–Kier alpha value is -3.52. The van der Waals surface area contributed by atoms with Crippen LogP contribution in [-0.2, 0) is 4.74 Å². The lowest BCUT2D eigenvalue weighted by Gasteiger charge is -2.09. The molecule has 142 valence electrons. The van der Waals surface area contributed by atoms with E-state index in [4.69, 9.17) is 15.9 Å². The fraction of sp³-hybridized carbons (Fsp3) is 0.217. The highest BCUT2D eigenvalue weighted by Crippen LogP contribution is 2.23. The number of hydrogen-bond acceptors (Lipinski definition) is 4. The molecule has 28 heavy (non-hydrogen) atoms. The van der Waals surface area contributed by atoms with E-state index in [2.05, 4.69) is 10.9 Å². The number of unbranched alkanes of at least 4 members (excludes halogenated alkanes) is 1. The third kappa shape index (κ3) is 4.41. The first kappa shape index (κ1) is 19.2. The molecule has 3 aromatic rings. The average Bonchev–Trinajstić information content (AvgIpc) is 2.71. The van der Waals surface area contributed by atoms with Gasteiger partial charge in [-0.15, -0.1) is 12.3 Å². The van der Waals surface area contributed by atoms with Gasteiger partial charge in [0, 0.05) is 34.6 Å². The highest BCUT2D eigenvalue weighted by atomic mass is 16.5. The van der Waals surface area contributed by atoms with Crippen LogP contribution in [0.4, 0.5) is 0 Å². The molecule has 2 aromatic carbocycles. The minimum atomic E-state index is -0.442. The molecule has 3 rings (SSSR count). The number of aromatic amines is 1. The summed E-state index contributed by atoms with van der Waals surface area (Å²) >= 11 is 0. The van der Waals surface area contributed by atoms with E-state index in [0.29, 0.717) is 40.9 Å².